The fourth-order valence-corrected chi connectivity index (χ4v) is 6.66. The molecule has 1 amide bonds. The van der Waals surface area contributed by atoms with Gasteiger partial charge in [-0.3, -0.25) is 0 Å². The Morgan fingerprint density at radius 3 is 1.68 bits per heavy atom. The Balaban J connectivity index is -0.0000000992. The molecule has 2 aliphatic carbocycles. The van der Waals surface area contributed by atoms with E-state index in [2.05, 4.69) is 83.2 Å². The summed E-state index contributed by atoms with van der Waals surface area (Å²) in [6.07, 6.45) is 14.1. The Kier molecular flexibility index (Phi) is 24.2. The van der Waals surface area contributed by atoms with Gasteiger partial charge in [0.15, 0.2) is 0 Å². The number of nitrogens with one attached hydrogen (secondary N) is 1. The van der Waals surface area contributed by atoms with Crippen molar-refractivity contribution in [2.45, 2.75) is 52.1 Å². The van der Waals surface area contributed by atoms with Crippen molar-refractivity contribution in [2.24, 2.45) is 11.8 Å². The van der Waals surface area contributed by atoms with Crippen LogP contribution in [0.1, 0.15) is 12.8 Å². The first-order valence-corrected chi connectivity index (χ1v) is 15.6. The van der Waals surface area contributed by atoms with Gasteiger partial charge in [0.2, 0.25) is 0 Å². The van der Waals surface area contributed by atoms with Gasteiger partial charge in [0.25, 0.3) is 0 Å². The molecule has 0 bridgehead atoms. The summed E-state index contributed by atoms with van der Waals surface area (Å²) in [5, 5.41) is 2.73. The van der Waals surface area contributed by atoms with Gasteiger partial charge < -0.3 is 31.8 Å². The van der Waals surface area contributed by atoms with Crippen molar-refractivity contribution in [2.75, 3.05) is 0 Å². The number of fused-ring (bicyclic) bond motifs is 1. The quantitative estimate of drug-likeness (QED) is 0.221. The van der Waals surface area contributed by atoms with Crippen molar-refractivity contribution in [1.82, 2.24) is 0 Å². The van der Waals surface area contributed by atoms with Crippen molar-refractivity contribution >= 4 is 33.5 Å². The largest absolute Gasteiger partial charge is 4.00 e. The van der Waals surface area contributed by atoms with Gasteiger partial charge in [-0.15, -0.1) is 12.0 Å². The number of hydrogen-bond donors (Lipinski definition) is 0. The van der Waals surface area contributed by atoms with Crippen LogP contribution in [0.25, 0.3) is 5.73 Å². The van der Waals surface area contributed by atoms with E-state index >= 15 is 0 Å². The van der Waals surface area contributed by atoms with Crippen LogP contribution in [0.5, 0.6) is 0 Å². The van der Waals surface area contributed by atoms with Crippen molar-refractivity contribution < 1.29 is 26.5 Å². The van der Waals surface area contributed by atoms with E-state index in [1.807, 2.05) is 0 Å². The van der Waals surface area contributed by atoms with Crippen LogP contribution in [0.2, 0.25) is 39.3 Å². The average molecular weight is 472 g/mol. The maximum absolute atomic E-state index is 8.47. The minimum atomic E-state index is -1.19. The first-order valence-electron chi connectivity index (χ1n) is 8.63. The normalized spacial score (nSPS) is 18.5. The van der Waals surface area contributed by atoms with Gasteiger partial charge in [-0.05, 0) is 16.9 Å². The third kappa shape index (κ3) is 14.7. The number of hydrogen-bond acceptors (Lipinski definition) is 1. The number of amides is 1. The average Bonchev–Trinajstić information content (AvgIpc) is 2.93. The molecule has 0 aliphatic heterocycles. The fraction of sp³-hybridized carbons (Fsp3) is 0.455. The summed E-state index contributed by atoms with van der Waals surface area (Å²) in [6, 6.07) is 0. The van der Waals surface area contributed by atoms with Gasteiger partial charge in [-0.25, -0.2) is 0 Å². The minimum absolute atomic E-state index is 0. The van der Waals surface area contributed by atoms with Crippen LogP contribution in [-0.4, -0.2) is 33.5 Å². The summed E-state index contributed by atoms with van der Waals surface area (Å²) in [4.78, 5) is 8.47. The molecule has 2 atom stereocenters. The van der Waals surface area contributed by atoms with E-state index in [4.69, 9.17) is 10.5 Å². The summed E-state index contributed by atoms with van der Waals surface area (Å²) < 4.78 is 0. The molecule has 0 aromatic carbocycles. The Labute approximate surface area is 198 Å². The van der Waals surface area contributed by atoms with Crippen LogP contribution >= 0.6 is 0 Å². The molecule has 28 heavy (non-hydrogen) atoms. The van der Waals surface area contributed by atoms with Crippen LogP contribution in [0.15, 0.2) is 47.9 Å². The molecular weight excluding hydrogens is 426 g/mol. The molecule has 0 radical (unpaired) electrons. The van der Waals surface area contributed by atoms with Crippen LogP contribution in [0.4, 0.5) is 0 Å². The first kappa shape index (κ1) is 38.4. The molecule has 2 unspecified atom stereocenters. The van der Waals surface area contributed by atoms with Crippen LogP contribution < -0.4 is 0 Å². The van der Waals surface area contributed by atoms with Gasteiger partial charge in [0.1, 0.15) is 0 Å². The second kappa shape index (κ2) is 17.6. The topological polar surface area (TPSA) is 40.9 Å². The molecule has 6 heteroatoms. The molecule has 0 heterocycles. The van der Waals surface area contributed by atoms with Crippen LogP contribution in [0, 0.1) is 33.1 Å². The summed E-state index contributed by atoms with van der Waals surface area (Å²) in [5.41, 5.74) is 5.53. The zero-order chi connectivity index (χ0) is 19.0. The van der Waals surface area contributed by atoms with Gasteiger partial charge in [-0.1, -0.05) is 87.5 Å². The molecule has 1 N–H and O–H groups in total. The maximum Gasteiger partial charge on any atom is 4.00 e. The van der Waals surface area contributed by atoms with E-state index in [1.54, 1.807) is 0 Å². The van der Waals surface area contributed by atoms with E-state index in [0.29, 0.717) is 0 Å². The predicted molar refractivity (Wildman–Crippen MR) is 138 cm³/mol. The van der Waals surface area contributed by atoms with Crippen molar-refractivity contribution in [1.29, 1.82) is 0 Å². The summed E-state index contributed by atoms with van der Waals surface area (Å²) >= 11 is 0. The molecule has 1 fully saturated rings. The van der Waals surface area contributed by atoms with Crippen LogP contribution in [0.3, 0.4) is 0 Å². The van der Waals surface area contributed by atoms with E-state index < -0.39 is 16.1 Å². The Hall–Kier alpha value is -0.205. The predicted octanol–water partition coefficient (Wildman–Crippen LogP) is 5.84. The molecule has 0 aromatic heterocycles. The summed E-state index contributed by atoms with van der Waals surface area (Å²) in [7, 11) is -2.39. The van der Waals surface area contributed by atoms with Crippen molar-refractivity contribution in [3.05, 3.63) is 74.9 Å². The number of carbonyl (C=O) groups excluding carboxylic acids is 1. The second-order valence-electron chi connectivity index (χ2n) is 8.40. The van der Waals surface area contributed by atoms with E-state index in [-0.39, 0.29) is 53.9 Å². The van der Waals surface area contributed by atoms with Crippen molar-refractivity contribution in [3.8, 4) is 0 Å². The molecule has 2 rings (SSSR count). The summed E-state index contributed by atoms with van der Waals surface area (Å²) in [6.45, 7) is 22.4. The minimum Gasteiger partial charge on any atom is -0.671 e. The molecule has 0 aromatic rings. The SMILES string of the molecule is C1=CC2[CH-]CCC2C=C1.C=C(C(=C)[Si](C)(C)C)[Si](C)(C)C.[CH3-].[CH3-].[NH-]C=O.[SiH4].[Ti+4]. The molecule has 2 nitrogen and oxygen atoms in total. The van der Waals surface area contributed by atoms with Gasteiger partial charge in [0, 0.05) is 6.41 Å². The third-order valence-electron chi connectivity index (χ3n) is 4.41. The molecule has 0 saturated heterocycles. The van der Waals surface area contributed by atoms with E-state index in [0.717, 1.165) is 11.8 Å². The Bertz CT molecular complexity index is 461. The fourth-order valence-electron chi connectivity index (χ4n) is 2.60. The van der Waals surface area contributed by atoms with Gasteiger partial charge in [-0.2, -0.15) is 6.42 Å². The number of allylic oxidation sites excluding steroid dienone is 6. The van der Waals surface area contributed by atoms with Gasteiger partial charge >= 0.3 is 21.7 Å². The smallest absolute Gasteiger partial charge is 0.671 e. The Morgan fingerprint density at radius 2 is 1.36 bits per heavy atom. The molecular formula is C22H45NOSi3Ti. The number of rotatable bonds is 3. The molecule has 1 saturated carbocycles. The standard InChI is InChI=1S/C10H22Si2.C9H11.CH3NO.2CH3.H4Si.Ti/c1-9(11(3,4)5)10(2)12(6,7)8;1-2-5-9-7-3-6-8(9)4-1;2-1-3;;;;/h1-2H2,3-8H3;1-2,4-6,8-9H,3,7H2;1H,(H2,2,3);2*1H3;1H4;/q;-1;;2*-1;;+4/p-1. The monoisotopic (exact) mass is 471 g/mol. The van der Waals surface area contributed by atoms with Crippen molar-refractivity contribution in [3.63, 3.8) is 0 Å². The molecule has 160 valence electrons. The second-order valence-corrected chi connectivity index (χ2v) is 18.6. The number of carbonyl (C=O) groups is 1. The third-order valence-corrected chi connectivity index (χ3v) is 8.89. The van der Waals surface area contributed by atoms with E-state index in [1.165, 1.54) is 23.2 Å². The maximum atomic E-state index is 8.47. The van der Waals surface area contributed by atoms with Crippen LogP contribution in [-0.2, 0) is 26.5 Å². The summed E-state index contributed by atoms with van der Waals surface area (Å²) in [5.74, 6) is 1.62. The van der Waals surface area contributed by atoms with E-state index in [9.17, 15) is 0 Å². The zero-order valence-electron chi connectivity index (χ0n) is 18.9. The molecule has 0 spiro atoms. The molecule has 2 aliphatic rings. The first-order chi connectivity index (χ1) is 10.9. The van der Waals surface area contributed by atoms with Gasteiger partial charge in [0.05, 0.1) is 16.1 Å². The Morgan fingerprint density at radius 1 is 1.00 bits per heavy atom. The zero-order valence-corrected chi connectivity index (χ0v) is 22.4.